The maximum absolute atomic E-state index is 12.5. The number of carbonyl (C=O) groups excluding carboxylic acids is 2. The molecule has 3 nitrogen and oxygen atoms in total. The zero-order valence-electron chi connectivity index (χ0n) is 12.4. The Hall–Kier alpha value is -1.94. The molecule has 3 rings (SSSR count). The van der Waals surface area contributed by atoms with Gasteiger partial charge in [-0.1, -0.05) is 36.4 Å². The molecule has 1 atom stereocenters. The van der Waals surface area contributed by atoms with Crippen LogP contribution in [0.5, 0.6) is 0 Å². The molecule has 2 heterocycles. The van der Waals surface area contributed by atoms with Gasteiger partial charge in [0.1, 0.15) is 0 Å². The highest BCUT2D eigenvalue weighted by molar-refractivity contribution is 7.12. The van der Waals surface area contributed by atoms with Gasteiger partial charge in [-0.05, 0) is 29.9 Å². The molecule has 114 valence electrons. The summed E-state index contributed by atoms with van der Waals surface area (Å²) in [5.74, 6) is 0.162. The maximum Gasteiger partial charge on any atom is 0.223 e. The number of hydrogen-bond acceptors (Lipinski definition) is 3. The molecule has 1 amide bonds. The van der Waals surface area contributed by atoms with Crippen molar-refractivity contribution in [1.29, 1.82) is 0 Å². The lowest BCUT2D eigenvalue weighted by molar-refractivity contribution is -0.132. The van der Waals surface area contributed by atoms with Crippen molar-refractivity contribution >= 4 is 23.0 Å². The SMILES string of the molecule is O=C(CCC(=O)N1CCCC1c1ccccc1)c1cccs1. The molecule has 1 aromatic carbocycles. The molecule has 1 aliphatic rings. The van der Waals surface area contributed by atoms with Gasteiger partial charge in [-0.25, -0.2) is 0 Å². The van der Waals surface area contributed by atoms with E-state index in [1.165, 1.54) is 16.9 Å². The summed E-state index contributed by atoms with van der Waals surface area (Å²) >= 11 is 1.44. The molecule has 1 saturated heterocycles. The van der Waals surface area contributed by atoms with Gasteiger partial charge in [-0.3, -0.25) is 9.59 Å². The van der Waals surface area contributed by atoms with Gasteiger partial charge in [0.15, 0.2) is 5.78 Å². The predicted molar refractivity (Wildman–Crippen MR) is 88.0 cm³/mol. The van der Waals surface area contributed by atoms with Gasteiger partial charge in [-0.2, -0.15) is 0 Å². The summed E-state index contributed by atoms with van der Waals surface area (Å²) in [6, 6.07) is 14.0. The first-order valence-electron chi connectivity index (χ1n) is 7.67. The van der Waals surface area contributed by atoms with Crippen LogP contribution < -0.4 is 0 Å². The summed E-state index contributed by atoms with van der Waals surface area (Å²) in [5.41, 5.74) is 1.19. The summed E-state index contributed by atoms with van der Waals surface area (Å²) in [6.45, 7) is 0.797. The van der Waals surface area contributed by atoms with E-state index >= 15 is 0 Å². The van der Waals surface area contributed by atoms with E-state index in [0.29, 0.717) is 12.8 Å². The normalized spacial score (nSPS) is 17.6. The van der Waals surface area contributed by atoms with Crippen LogP contribution in [0, 0.1) is 0 Å². The molecule has 1 unspecified atom stereocenters. The summed E-state index contributed by atoms with van der Waals surface area (Å²) in [6.07, 6.45) is 2.65. The number of benzene rings is 1. The molecule has 4 heteroatoms. The van der Waals surface area contributed by atoms with E-state index in [0.717, 1.165) is 24.3 Å². The monoisotopic (exact) mass is 313 g/mol. The molecule has 2 aromatic rings. The van der Waals surface area contributed by atoms with Crippen LogP contribution in [0.25, 0.3) is 0 Å². The van der Waals surface area contributed by atoms with Crippen molar-refractivity contribution in [1.82, 2.24) is 4.90 Å². The standard InChI is InChI=1S/C18H19NO2S/c20-16(17-9-5-13-22-17)10-11-18(21)19-12-4-8-15(19)14-6-2-1-3-7-14/h1-3,5-7,9,13,15H,4,8,10-12H2. The first-order chi connectivity index (χ1) is 10.8. The fraction of sp³-hybridized carbons (Fsp3) is 0.333. The Kier molecular flexibility index (Phi) is 4.68. The molecule has 0 saturated carbocycles. The first-order valence-corrected chi connectivity index (χ1v) is 8.55. The van der Waals surface area contributed by atoms with Crippen LogP contribution in [0.4, 0.5) is 0 Å². The fourth-order valence-electron chi connectivity index (χ4n) is 3.01. The molecule has 0 bridgehead atoms. The number of nitrogens with zero attached hydrogens (tertiary/aromatic N) is 1. The quantitative estimate of drug-likeness (QED) is 0.780. The van der Waals surface area contributed by atoms with Crippen LogP contribution in [-0.4, -0.2) is 23.1 Å². The van der Waals surface area contributed by atoms with Crippen LogP contribution in [0.2, 0.25) is 0 Å². The topological polar surface area (TPSA) is 37.4 Å². The third kappa shape index (κ3) is 3.28. The lowest BCUT2D eigenvalue weighted by atomic mass is 10.0. The van der Waals surface area contributed by atoms with Gasteiger partial charge in [0, 0.05) is 19.4 Å². The van der Waals surface area contributed by atoms with Crippen molar-refractivity contribution in [2.45, 2.75) is 31.7 Å². The third-order valence-electron chi connectivity index (χ3n) is 4.12. The molecule has 1 aliphatic heterocycles. The first kappa shape index (κ1) is 15.0. The van der Waals surface area contributed by atoms with Gasteiger partial charge < -0.3 is 4.90 Å². The van der Waals surface area contributed by atoms with Crippen LogP contribution in [0.15, 0.2) is 47.8 Å². The highest BCUT2D eigenvalue weighted by Gasteiger charge is 2.29. The van der Waals surface area contributed by atoms with E-state index in [2.05, 4.69) is 12.1 Å². The van der Waals surface area contributed by atoms with Gasteiger partial charge in [0.2, 0.25) is 5.91 Å². The average molecular weight is 313 g/mol. The van der Waals surface area contributed by atoms with E-state index in [-0.39, 0.29) is 17.7 Å². The van der Waals surface area contributed by atoms with Gasteiger partial charge in [-0.15, -0.1) is 11.3 Å². The Morgan fingerprint density at radius 1 is 1.09 bits per heavy atom. The molecule has 0 N–H and O–H groups in total. The molecular formula is C18H19NO2S. The molecule has 0 aliphatic carbocycles. The number of likely N-dealkylation sites (tertiary alicyclic amines) is 1. The number of Topliss-reactive ketones (excluding diaryl/α,β-unsaturated/α-hetero) is 1. The van der Waals surface area contributed by atoms with Gasteiger partial charge in [0.05, 0.1) is 10.9 Å². The smallest absolute Gasteiger partial charge is 0.223 e. The highest BCUT2D eigenvalue weighted by atomic mass is 32.1. The Morgan fingerprint density at radius 3 is 2.64 bits per heavy atom. The average Bonchev–Trinajstić information content (AvgIpc) is 3.24. The van der Waals surface area contributed by atoms with Crippen molar-refractivity contribution in [2.75, 3.05) is 6.54 Å². The minimum absolute atomic E-state index is 0.0683. The van der Waals surface area contributed by atoms with Gasteiger partial charge >= 0.3 is 0 Å². The fourth-order valence-corrected chi connectivity index (χ4v) is 3.71. The molecule has 22 heavy (non-hydrogen) atoms. The molecule has 1 aromatic heterocycles. The summed E-state index contributed by atoms with van der Waals surface area (Å²) in [5, 5.41) is 1.89. The second kappa shape index (κ2) is 6.88. The predicted octanol–water partition coefficient (Wildman–Crippen LogP) is 4.07. The van der Waals surface area contributed by atoms with Crippen molar-refractivity contribution in [3.63, 3.8) is 0 Å². The second-order valence-corrected chi connectivity index (χ2v) is 6.50. The van der Waals surface area contributed by atoms with Crippen molar-refractivity contribution in [3.05, 3.63) is 58.3 Å². The summed E-state index contributed by atoms with van der Waals surface area (Å²) < 4.78 is 0. The zero-order chi connectivity index (χ0) is 15.4. The Balaban J connectivity index is 1.61. The van der Waals surface area contributed by atoms with E-state index in [1.807, 2.05) is 40.6 Å². The molecular weight excluding hydrogens is 294 g/mol. The van der Waals surface area contributed by atoms with Crippen molar-refractivity contribution in [2.24, 2.45) is 0 Å². The largest absolute Gasteiger partial charge is 0.336 e. The lowest BCUT2D eigenvalue weighted by Gasteiger charge is -2.25. The van der Waals surface area contributed by atoms with Crippen LogP contribution >= 0.6 is 11.3 Å². The minimum atomic E-state index is 0.0683. The van der Waals surface area contributed by atoms with Crippen molar-refractivity contribution in [3.8, 4) is 0 Å². The highest BCUT2D eigenvalue weighted by Crippen LogP contribution is 2.32. The van der Waals surface area contributed by atoms with Crippen LogP contribution in [-0.2, 0) is 4.79 Å². The van der Waals surface area contributed by atoms with E-state index in [9.17, 15) is 9.59 Å². The lowest BCUT2D eigenvalue weighted by Crippen LogP contribution is -2.30. The van der Waals surface area contributed by atoms with E-state index in [1.54, 1.807) is 0 Å². The Bertz CT molecular complexity index is 636. The maximum atomic E-state index is 12.5. The Labute approximate surface area is 134 Å². The third-order valence-corrected chi connectivity index (χ3v) is 5.03. The summed E-state index contributed by atoms with van der Waals surface area (Å²) in [7, 11) is 0. The van der Waals surface area contributed by atoms with Crippen molar-refractivity contribution < 1.29 is 9.59 Å². The zero-order valence-corrected chi connectivity index (χ0v) is 13.2. The molecule has 0 radical (unpaired) electrons. The van der Waals surface area contributed by atoms with E-state index in [4.69, 9.17) is 0 Å². The van der Waals surface area contributed by atoms with Crippen LogP contribution in [0.3, 0.4) is 0 Å². The molecule has 0 spiro atoms. The van der Waals surface area contributed by atoms with Gasteiger partial charge in [0.25, 0.3) is 0 Å². The number of ketones is 1. The van der Waals surface area contributed by atoms with E-state index < -0.39 is 0 Å². The number of hydrogen-bond donors (Lipinski definition) is 0. The number of thiophene rings is 1. The number of amides is 1. The second-order valence-electron chi connectivity index (χ2n) is 5.56. The number of rotatable bonds is 5. The Morgan fingerprint density at radius 2 is 1.91 bits per heavy atom. The summed E-state index contributed by atoms with van der Waals surface area (Å²) in [4.78, 5) is 27.2. The van der Waals surface area contributed by atoms with Crippen LogP contribution in [0.1, 0.15) is 47.0 Å². The minimum Gasteiger partial charge on any atom is -0.336 e. The number of carbonyl (C=O) groups is 2. The molecule has 1 fully saturated rings.